The number of thiophene rings is 1. The maximum atomic E-state index is 9.60. The van der Waals surface area contributed by atoms with Crippen molar-refractivity contribution in [2.75, 3.05) is 0 Å². The molecule has 2 heterocycles. The summed E-state index contributed by atoms with van der Waals surface area (Å²) < 4.78 is 0.621. The zero-order valence-electron chi connectivity index (χ0n) is 12.4. The molecule has 22 heavy (non-hydrogen) atoms. The number of H-pyrrole nitrogens is 1. The summed E-state index contributed by atoms with van der Waals surface area (Å²) >= 11 is 7.22. The van der Waals surface area contributed by atoms with Gasteiger partial charge in [-0.3, -0.25) is 0 Å². The number of aromatic amines is 1. The Kier molecular flexibility index (Phi) is 3.63. The number of pyridine rings is 1. The molecule has 2 aliphatic rings. The van der Waals surface area contributed by atoms with Gasteiger partial charge in [-0.1, -0.05) is 31.1 Å². The van der Waals surface area contributed by atoms with Crippen LogP contribution in [0.2, 0.25) is 0 Å². The van der Waals surface area contributed by atoms with Crippen molar-refractivity contribution < 1.29 is 0 Å². The van der Waals surface area contributed by atoms with Crippen molar-refractivity contribution in [3.8, 4) is 16.5 Å². The van der Waals surface area contributed by atoms with Crippen LogP contribution in [0.1, 0.15) is 54.8 Å². The molecule has 1 N–H and O–H groups in total. The highest BCUT2D eigenvalue weighted by Gasteiger charge is 2.34. The average Bonchev–Trinajstić information content (AvgIpc) is 3.07. The molecule has 2 unspecified atom stereocenters. The number of hydrogen-bond donors (Lipinski definition) is 1. The van der Waals surface area contributed by atoms with E-state index < -0.39 is 0 Å². The summed E-state index contributed by atoms with van der Waals surface area (Å²) in [5.74, 6) is 1.42. The van der Waals surface area contributed by atoms with E-state index in [1.165, 1.54) is 48.2 Å². The van der Waals surface area contributed by atoms with Crippen molar-refractivity contribution in [3.63, 3.8) is 0 Å². The second-order valence-corrected chi connectivity index (χ2v) is 7.73. The van der Waals surface area contributed by atoms with Crippen LogP contribution in [0.15, 0.2) is 17.5 Å². The minimum Gasteiger partial charge on any atom is -0.348 e. The quantitative estimate of drug-likeness (QED) is 0.696. The largest absolute Gasteiger partial charge is 0.348 e. The average molecular weight is 326 g/mol. The lowest BCUT2D eigenvalue weighted by Crippen LogP contribution is -2.26. The molecule has 1 saturated carbocycles. The first kappa shape index (κ1) is 14.2. The first-order valence-corrected chi connectivity index (χ1v) is 9.31. The van der Waals surface area contributed by atoms with Gasteiger partial charge in [0.2, 0.25) is 0 Å². The van der Waals surface area contributed by atoms with Crippen LogP contribution in [0.25, 0.3) is 10.4 Å². The number of fused-ring (bicyclic) bond motifs is 3. The molecule has 2 aromatic rings. The van der Waals surface area contributed by atoms with Crippen molar-refractivity contribution in [2.45, 2.75) is 44.4 Å². The number of nitriles is 1. The lowest BCUT2D eigenvalue weighted by Gasteiger charge is -2.37. The molecule has 2 aromatic heterocycles. The van der Waals surface area contributed by atoms with Crippen molar-refractivity contribution in [3.05, 3.63) is 39.0 Å². The third kappa shape index (κ3) is 2.15. The molecule has 4 rings (SSSR count). The molecular formula is C18H18N2S2. The van der Waals surface area contributed by atoms with Crippen LogP contribution < -0.4 is 0 Å². The van der Waals surface area contributed by atoms with Crippen molar-refractivity contribution in [2.24, 2.45) is 5.92 Å². The third-order valence-corrected chi connectivity index (χ3v) is 6.47. The smallest absolute Gasteiger partial charge is 0.122 e. The van der Waals surface area contributed by atoms with Crippen LogP contribution in [0.5, 0.6) is 0 Å². The minimum absolute atomic E-state index is 0.616. The van der Waals surface area contributed by atoms with Crippen molar-refractivity contribution in [1.82, 2.24) is 4.98 Å². The summed E-state index contributed by atoms with van der Waals surface area (Å²) in [5.41, 5.74) is 4.46. The Hall–Kier alpha value is -1.44. The van der Waals surface area contributed by atoms with E-state index in [9.17, 15) is 5.26 Å². The Bertz CT molecular complexity index is 796. The zero-order chi connectivity index (χ0) is 15.1. The maximum absolute atomic E-state index is 9.60. The van der Waals surface area contributed by atoms with Crippen LogP contribution in [0, 0.1) is 21.9 Å². The highest BCUT2D eigenvalue weighted by molar-refractivity contribution is 7.71. The second kappa shape index (κ2) is 5.64. The summed E-state index contributed by atoms with van der Waals surface area (Å²) in [6.45, 7) is 0. The van der Waals surface area contributed by atoms with Crippen LogP contribution in [0.3, 0.4) is 0 Å². The van der Waals surface area contributed by atoms with Crippen molar-refractivity contribution in [1.29, 1.82) is 5.26 Å². The molecule has 0 radical (unpaired) electrons. The van der Waals surface area contributed by atoms with Gasteiger partial charge in [0.05, 0.1) is 5.56 Å². The standard InChI is InChI=1S/C18H18N2S2/c19-10-14-16(15-6-3-9-22-15)13-8-7-11-4-1-2-5-12(11)17(13)20-18(14)21/h3,6,9,11-12H,1-2,4-5,7-8H2,(H,20,21). The third-order valence-electron chi connectivity index (χ3n) is 5.28. The van der Waals surface area contributed by atoms with E-state index in [1.54, 1.807) is 11.3 Å². The molecule has 1 fully saturated rings. The first-order chi connectivity index (χ1) is 10.8. The van der Waals surface area contributed by atoms with E-state index in [0.717, 1.165) is 17.9 Å². The molecule has 2 atom stereocenters. The van der Waals surface area contributed by atoms with Gasteiger partial charge in [0.25, 0.3) is 0 Å². The molecule has 2 nitrogen and oxygen atoms in total. The fourth-order valence-electron chi connectivity index (χ4n) is 4.30. The Morgan fingerprint density at radius 3 is 2.91 bits per heavy atom. The summed E-state index contributed by atoms with van der Waals surface area (Å²) in [5, 5.41) is 11.7. The molecule has 2 aliphatic carbocycles. The Labute approximate surface area is 139 Å². The van der Waals surface area contributed by atoms with E-state index in [1.807, 2.05) is 0 Å². The number of nitrogens with zero attached hydrogens (tertiary/aromatic N) is 1. The van der Waals surface area contributed by atoms with Gasteiger partial charge in [-0.2, -0.15) is 5.26 Å². The predicted molar refractivity (Wildman–Crippen MR) is 92.7 cm³/mol. The number of aromatic nitrogens is 1. The summed E-state index contributed by atoms with van der Waals surface area (Å²) in [4.78, 5) is 4.63. The Balaban J connectivity index is 1.97. The molecule has 0 saturated heterocycles. The molecule has 0 aromatic carbocycles. The van der Waals surface area contributed by atoms with Gasteiger partial charge in [0, 0.05) is 22.1 Å². The number of rotatable bonds is 1. The fourth-order valence-corrected chi connectivity index (χ4v) is 5.36. The van der Waals surface area contributed by atoms with Gasteiger partial charge < -0.3 is 4.98 Å². The highest BCUT2D eigenvalue weighted by Crippen LogP contribution is 2.47. The van der Waals surface area contributed by atoms with E-state index in [2.05, 4.69) is 28.6 Å². The molecule has 0 amide bonds. The highest BCUT2D eigenvalue weighted by atomic mass is 32.1. The van der Waals surface area contributed by atoms with Crippen LogP contribution >= 0.6 is 23.6 Å². The lowest BCUT2D eigenvalue weighted by atomic mass is 9.69. The normalized spacial score (nSPS) is 23.4. The van der Waals surface area contributed by atoms with E-state index in [4.69, 9.17) is 12.2 Å². The van der Waals surface area contributed by atoms with Crippen molar-refractivity contribution >= 4 is 23.6 Å². The monoisotopic (exact) mass is 326 g/mol. The van der Waals surface area contributed by atoms with Gasteiger partial charge in [-0.05, 0) is 48.6 Å². The van der Waals surface area contributed by atoms with Crippen LogP contribution in [0.4, 0.5) is 0 Å². The Morgan fingerprint density at radius 2 is 2.14 bits per heavy atom. The predicted octanol–water partition coefficient (Wildman–Crippen LogP) is 5.56. The Morgan fingerprint density at radius 1 is 1.27 bits per heavy atom. The van der Waals surface area contributed by atoms with Gasteiger partial charge in [0.1, 0.15) is 10.7 Å². The van der Waals surface area contributed by atoms with Gasteiger partial charge in [-0.25, -0.2) is 0 Å². The van der Waals surface area contributed by atoms with E-state index >= 15 is 0 Å². The number of hydrogen-bond acceptors (Lipinski definition) is 3. The SMILES string of the molecule is N#Cc1c(-c2cccs2)c2c([nH]c1=S)C1CCCCC1CC2. The fraction of sp³-hybridized carbons (Fsp3) is 0.444. The summed E-state index contributed by atoms with van der Waals surface area (Å²) in [7, 11) is 0. The van der Waals surface area contributed by atoms with E-state index in [0.29, 0.717) is 16.1 Å². The summed E-state index contributed by atoms with van der Waals surface area (Å²) in [6, 6.07) is 6.51. The minimum atomic E-state index is 0.616. The molecule has 0 aliphatic heterocycles. The number of nitrogens with one attached hydrogen (secondary N) is 1. The van der Waals surface area contributed by atoms with Gasteiger partial charge in [0.15, 0.2) is 0 Å². The maximum Gasteiger partial charge on any atom is 0.122 e. The summed E-state index contributed by atoms with van der Waals surface area (Å²) in [6.07, 6.45) is 7.62. The topological polar surface area (TPSA) is 39.6 Å². The van der Waals surface area contributed by atoms with Crippen LogP contribution in [-0.2, 0) is 6.42 Å². The van der Waals surface area contributed by atoms with Crippen LogP contribution in [-0.4, -0.2) is 4.98 Å². The lowest BCUT2D eigenvalue weighted by molar-refractivity contribution is 0.270. The molecule has 4 heteroatoms. The zero-order valence-corrected chi connectivity index (χ0v) is 14.0. The van der Waals surface area contributed by atoms with Gasteiger partial charge >= 0.3 is 0 Å². The first-order valence-electron chi connectivity index (χ1n) is 8.02. The molecule has 0 spiro atoms. The molecular weight excluding hydrogens is 308 g/mol. The van der Waals surface area contributed by atoms with Gasteiger partial charge in [-0.15, -0.1) is 11.3 Å². The molecule has 112 valence electrons. The van der Waals surface area contributed by atoms with E-state index in [-0.39, 0.29) is 0 Å². The molecule has 0 bridgehead atoms. The second-order valence-electron chi connectivity index (χ2n) is 6.38.